The lowest BCUT2D eigenvalue weighted by atomic mass is 10.3. The molecule has 0 fully saturated rings. The fourth-order valence-corrected chi connectivity index (χ4v) is 2.86. The molecule has 0 amide bonds. The fraction of sp³-hybridized carbons (Fsp3) is 0.455. The summed E-state index contributed by atoms with van der Waals surface area (Å²) >= 11 is 0. The van der Waals surface area contributed by atoms with Crippen LogP contribution in [0.5, 0.6) is 0 Å². The van der Waals surface area contributed by atoms with E-state index in [-0.39, 0.29) is 17.1 Å². The Hall–Kier alpha value is -1.71. The van der Waals surface area contributed by atoms with Crippen molar-refractivity contribution in [3.63, 3.8) is 0 Å². The Kier molecular flexibility index (Phi) is 5.86. The Morgan fingerprint density at radius 1 is 1.40 bits per heavy atom. The average molecular weight is 303 g/mol. The summed E-state index contributed by atoms with van der Waals surface area (Å²) in [4.78, 5) is 9.95. The van der Waals surface area contributed by atoms with Crippen LogP contribution in [0.25, 0.3) is 0 Å². The smallest absolute Gasteiger partial charge is 0.270 e. The fourth-order valence-electron chi connectivity index (χ4n) is 1.55. The van der Waals surface area contributed by atoms with Gasteiger partial charge in [0.2, 0.25) is 10.0 Å². The predicted octanol–water partition coefficient (Wildman–Crippen LogP) is 0.951. The molecule has 2 N–H and O–H groups in total. The molecule has 9 heteroatoms. The number of non-ortho nitro benzene ring substituents is 1. The maximum atomic E-state index is 12.1. The molecule has 0 atom stereocenters. The summed E-state index contributed by atoms with van der Waals surface area (Å²) in [7, 11) is -0.743. The molecular weight excluding hydrogens is 286 g/mol. The van der Waals surface area contributed by atoms with E-state index in [1.54, 1.807) is 7.05 Å². The number of benzene rings is 1. The van der Waals surface area contributed by atoms with Crippen LogP contribution in [0.1, 0.15) is 6.42 Å². The lowest BCUT2D eigenvalue weighted by Gasteiger charge is -2.11. The average Bonchev–Trinajstić information content (AvgIpc) is 2.42. The van der Waals surface area contributed by atoms with Gasteiger partial charge in [-0.3, -0.25) is 10.1 Å². The highest BCUT2D eigenvalue weighted by Crippen LogP contribution is 2.25. The third-order valence-corrected chi connectivity index (χ3v) is 4.05. The molecule has 0 radical (unpaired) electrons. The van der Waals surface area contributed by atoms with Crippen molar-refractivity contribution in [3.8, 4) is 0 Å². The molecule has 0 heterocycles. The van der Waals surface area contributed by atoms with Gasteiger partial charge in [0.15, 0.2) is 0 Å². The number of sulfonamides is 1. The van der Waals surface area contributed by atoms with E-state index in [2.05, 4.69) is 10.0 Å². The Morgan fingerprint density at radius 2 is 2.10 bits per heavy atom. The molecule has 1 rings (SSSR count). The Bertz CT molecular complexity index is 573. The van der Waals surface area contributed by atoms with Crippen LogP contribution in [0.4, 0.5) is 11.4 Å². The molecule has 0 spiro atoms. The highest BCUT2D eigenvalue weighted by atomic mass is 32.2. The first-order chi connectivity index (χ1) is 9.42. The molecule has 0 bridgehead atoms. The van der Waals surface area contributed by atoms with E-state index in [1.165, 1.54) is 19.2 Å². The summed E-state index contributed by atoms with van der Waals surface area (Å²) in [6.45, 7) is 0.623. The maximum absolute atomic E-state index is 12.1. The van der Waals surface area contributed by atoms with E-state index in [4.69, 9.17) is 4.74 Å². The zero-order valence-electron chi connectivity index (χ0n) is 11.3. The third-order valence-electron chi connectivity index (χ3n) is 2.55. The summed E-state index contributed by atoms with van der Waals surface area (Å²) in [6, 6.07) is 3.64. The Labute approximate surface area is 117 Å². The van der Waals surface area contributed by atoms with Crippen LogP contribution < -0.4 is 10.0 Å². The van der Waals surface area contributed by atoms with Gasteiger partial charge in [-0.25, -0.2) is 13.1 Å². The van der Waals surface area contributed by atoms with Crippen LogP contribution in [-0.2, 0) is 14.8 Å². The van der Waals surface area contributed by atoms with Crippen LogP contribution in [0.3, 0.4) is 0 Å². The Balaban J connectivity index is 3.02. The first-order valence-electron chi connectivity index (χ1n) is 5.87. The van der Waals surface area contributed by atoms with Crippen molar-refractivity contribution in [2.75, 3.05) is 32.6 Å². The summed E-state index contributed by atoms with van der Waals surface area (Å²) in [6.07, 6.45) is 0.513. The molecule has 1 aromatic rings. The minimum absolute atomic E-state index is 0.147. The molecule has 20 heavy (non-hydrogen) atoms. The molecule has 0 aliphatic carbocycles. The number of ether oxygens (including phenoxy) is 1. The molecule has 0 aromatic heterocycles. The third kappa shape index (κ3) is 4.15. The molecule has 1 aromatic carbocycles. The highest BCUT2D eigenvalue weighted by Gasteiger charge is 2.21. The molecule has 8 nitrogen and oxygen atoms in total. The van der Waals surface area contributed by atoms with Crippen molar-refractivity contribution in [1.29, 1.82) is 0 Å². The van der Waals surface area contributed by atoms with Crippen molar-refractivity contribution in [1.82, 2.24) is 4.72 Å². The maximum Gasteiger partial charge on any atom is 0.270 e. The predicted molar refractivity (Wildman–Crippen MR) is 74.3 cm³/mol. The van der Waals surface area contributed by atoms with E-state index in [9.17, 15) is 18.5 Å². The van der Waals surface area contributed by atoms with Crippen LogP contribution >= 0.6 is 0 Å². The first-order valence-corrected chi connectivity index (χ1v) is 7.35. The molecule has 0 aliphatic rings. The van der Waals surface area contributed by atoms with Crippen LogP contribution in [0.2, 0.25) is 0 Å². The van der Waals surface area contributed by atoms with Gasteiger partial charge in [0, 0.05) is 39.4 Å². The van der Waals surface area contributed by atoms with Crippen LogP contribution in [0, 0.1) is 10.1 Å². The number of nitro groups is 1. The number of nitrogens with one attached hydrogen (secondary N) is 2. The molecule has 112 valence electrons. The van der Waals surface area contributed by atoms with Gasteiger partial charge in [-0.2, -0.15) is 0 Å². The molecule has 0 aliphatic heterocycles. The number of hydrogen-bond donors (Lipinski definition) is 2. The number of nitrogens with zero attached hydrogens (tertiary/aromatic N) is 1. The van der Waals surface area contributed by atoms with Crippen molar-refractivity contribution < 1.29 is 18.1 Å². The molecule has 0 saturated heterocycles. The van der Waals surface area contributed by atoms with Crippen molar-refractivity contribution >= 4 is 21.4 Å². The summed E-state index contributed by atoms with van der Waals surface area (Å²) in [5, 5.41) is 13.4. The van der Waals surface area contributed by atoms with Crippen LogP contribution in [0.15, 0.2) is 23.1 Å². The van der Waals surface area contributed by atoms with E-state index in [0.29, 0.717) is 18.7 Å². The normalized spacial score (nSPS) is 11.3. The van der Waals surface area contributed by atoms with E-state index in [1.807, 2.05) is 0 Å². The second-order valence-corrected chi connectivity index (χ2v) is 5.67. The quantitative estimate of drug-likeness (QED) is 0.420. The topological polar surface area (TPSA) is 111 Å². The summed E-state index contributed by atoms with van der Waals surface area (Å²) < 4.78 is 31.5. The second kappa shape index (κ2) is 7.17. The van der Waals surface area contributed by atoms with Gasteiger partial charge in [-0.05, 0) is 12.5 Å². The lowest BCUT2D eigenvalue weighted by molar-refractivity contribution is -0.385. The van der Waals surface area contributed by atoms with Gasteiger partial charge in [0.1, 0.15) is 4.90 Å². The standard InChI is InChI=1S/C11H17N3O5S/c1-12-10-5-4-9(14(15)16)8-11(10)20(17,18)13-6-3-7-19-2/h4-5,8,12-13H,3,6-7H2,1-2H3. The van der Waals surface area contributed by atoms with Crippen molar-refractivity contribution in [2.24, 2.45) is 0 Å². The number of hydrogen-bond acceptors (Lipinski definition) is 6. The Morgan fingerprint density at radius 3 is 2.65 bits per heavy atom. The van der Waals surface area contributed by atoms with Gasteiger partial charge in [-0.15, -0.1) is 0 Å². The highest BCUT2D eigenvalue weighted by molar-refractivity contribution is 7.89. The zero-order chi connectivity index (χ0) is 15.2. The van der Waals surface area contributed by atoms with Gasteiger partial charge in [0.25, 0.3) is 5.69 Å². The van der Waals surface area contributed by atoms with E-state index >= 15 is 0 Å². The molecular formula is C11H17N3O5S. The lowest BCUT2D eigenvalue weighted by Crippen LogP contribution is -2.26. The zero-order valence-corrected chi connectivity index (χ0v) is 12.1. The van der Waals surface area contributed by atoms with Crippen molar-refractivity contribution in [2.45, 2.75) is 11.3 Å². The van der Waals surface area contributed by atoms with Gasteiger partial charge in [0.05, 0.1) is 10.6 Å². The van der Waals surface area contributed by atoms with Crippen molar-refractivity contribution in [3.05, 3.63) is 28.3 Å². The number of rotatable bonds is 8. The number of anilines is 1. The molecule has 0 saturated carbocycles. The summed E-state index contributed by atoms with van der Waals surface area (Å²) in [5.74, 6) is 0. The largest absolute Gasteiger partial charge is 0.387 e. The second-order valence-electron chi connectivity index (χ2n) is 3.93. The number of methoxy groups -OCH3 is 1. The van der Waals surface area contributed by atoms with E-state index < -0.39 is 14.9 Å². The minimum Gasteiger partial charge on any atom is -0.387 e. The van der Waals surface area contributed by atoms with Gasteiger partial charge in [-0.1, -0.05) is 0 Å². The number of nitro benzene ring substituents is 1. The molecule has 0 unspecified atom stereocenters. The van der Waals surface area contributed by atoms with E-state index in [0.717, 1.165) is 6.07 Å². The first kappa shape index (κ1) is 16.3. The SMILES string of the molecule is CNc1ccc([N+](=O)[O-])cc1S(=O)(=O)NCCCOC. The van der Waals surface area contributed by atoms with Gasteiger partial charge < -0.3 is 10.1 Å². The van der Waals surface area contributed by atoms with Crippen LogP contribution in [-0.4, -0.2) is 40.7 Å². The minimum atomic E-state index is -3.81. The summed E-state index contributed by atoms with van der Waals surface area (Å²) in [5.41, 5.74) is 0.0242. The van der Waals surface area contributed by atoms with Gasteiger partial charge >= 0.3 is 0 Å². The monoisotopic (exact) mass is 303 g/mol.